The summed E-state index contributed by atoms with van der Waals surface area (Å²) in [6, 6.07) is 5.66. The first-order valence-corrected chi connectivity index (χ1v) is 6.35. The number of phenols is 1. The fraction of sp³-hybridized carbons (Fsp3) is 0.533. The van der Waals surface area contributed by atoms with Gasteiger partial charge in [-0.1, -0.05) is 32.9 Å². The minimum absolute atomic E-state index is 0.0822. The SMILES string of the molecule is CC(C)(C)c1cc(CCCCC(=O)O)ccc1O. The van der Waals surface area contributed by atoms with Crippen LogP contribution in [-0.2, 0) is 16.6 Å². The molecule has 0 radical (unpaired) electrons. The lowest BCUT2D eigenvalue weighted by molar-refractivity contribution is -0.137. The van der Waals surface area contributed by atoms with Gasteiger partial charge in [0.1, 0.15) is 5.75 Å². The van der Waals surface area contributed by atoms with Crippen molar-refractivity contribution in [3.8, 4) is 5.75 Å². The Morgan fingerprint density at radius 2 is 1.89 bits per heavy atom. The van der Waals surface area contributed by atoms with Gasteiger partial charge < -0.3 is 10.2 Å². The van der Waals surface area contributed by atoms with Crippen LogP contribution in [-0.4, -0.2) is 16.2 Å². The molecule has 3 nitrogen and oxygen atoms in total. The van der Waals surface area contributed by atoms with Crippen molar-refractivity contribution in [1.82, 2.24) is 0 Å². The topological polar surface area (TPSA) is 57.5 Å². The zero-order valence-electron chi connectivity index (χ0n) is 11.4. The fourth-order valence-corrected chi connectivity index (χ4v) is 1.94. The molecule has 0 heterocycles. The molecule has 100 valence electrons. The first-order valence-electron chi connectivity index (χ1n) is 6.35. The molecular weight excluding hydrogens is 228 g/mol. The Morgan fingerprint density at radius 3 is 2.44 bits per heavy atom. The number of unbranched alkanes of at least 4 members (excludes halogenated alkanes) is 1. The lowest BCUT2D eigenvalue weighted by atomic mass is 9.85. The highest BCUT2D eigenvalue weighted by Crippen LogP contribution is 2.31. The second kappa shape index (κ2) is 5.89. The van der Waals surface area contributed by atoms with Gasteiger partial charge in [0.2, 0.25) is 0 Å². The molecule has 0 bridgehead atoms. The predicted molar refractivity (Wildman–Crippen MR) is 72.0 cm³/mol. The molecule has 0 aliphatic heterocycles. The lowest BCUT2D eigenvalue weighted by Gasteiger charge is -2.21. The average molecular weight is 250 g/mol. The van der Waals surface area contributed by atoms with Crippen LogP contribution in [0.25, 0.3) is 0 Å². The highest BCUT2D eigenvalue weighted by molar-refractivity contribution is 5.66. The molecule has 2 N–H and O–H groups in total. The Morgan fingerprint density at radius 1 is 1.22 bits per heavy atom. The summed E-state index contributed by atoms with van der Waals surface area (Å²) in [5.41, 5.74) is 2.02. The van der Waals surface area contributed by atoms with E-state index in [1.165, 1.54) is 0 Å². The molecule has 0 amide bonds. The molecule has 0 unspecified atom stereocenters. The normalized spacial score (nSPS) is 11.5. The summed E-state index contributed by atoms with van der Waals surface area (Å²) < 4.78 is 0. The number of carbonyl (C=O) groups is 1. The lowest BCUT2D eigenvalue weighted by Crippen LogP contribution is -2.11. The van der Waals surface area contributed by atoms with Crippen molar-refractivity contribution in [3.63, 3.8) is 0 Å². The minimum Gasteiger partial charge on any atom is -0.508 e. The Balaban J connectivity index is 2.65. The van der Waals surface area contributed by atoms with Gasteiger partial charge in [-0.2, -0.15) is 0 Å². The van der Waals surface area contributed by atoms with E-state index < -0.39 is 5.97 Å². The van der Waals surface area contributed by atoms with Gasteiger partial charge >= 0.3 is 5.97 Å². The number of phenolic OH excluding ortho intramolecular Hbond substituents is 1. The largest absolute Gasteiger partial charge is 0.508 e. The molecule has 0 aromatic heterocycles. The number of carboxylic acid groups (broad SMARTS) is 1. The second-order valence-electron chi connectivity index (χ2n) is 5.70. The van der Waals surface area contributed by atoms with Gasteiger partial charge in [-0.3, -0.25) is 4.79 Å². The van der Waals surface area contributed by atoms with Crippen LogP contribution in [0.4, 0.5) is 0 Å². The monoisotopic (exact) mass is 250 g/mol. The number of benzene rings is 1. The van der Waals surface area contributed by atoms with Crippen molar-refractivity contribution < 1.29 is 15.0 Å². The van der Waals surface area contributed by atoms with Gasteiger partial charge in [0.05, 0.1) is 0 Å². The molecule has 1 aromatic rings. The minimum atomic E-state index is -0.740. The number of hydrogen-bond acceptors (Lipinski definition) is 2. The molecule has 0 fully saturated rings. The van der Waals surface area contributed by atoms with E-state index in [0.717, 1.165) is 24.0 Å². The van der Waals surface area contributed by atoms with Crippen LogP contribution >= 0.6 is 0 Å². The maximum absolute atomic E-state index is 10.4. The molecule has 3 heteroatoms. The van der Waals surface area contributed by atoms with Crippen LogP contribution in [0.3, 0.4) is 0 Å². The van der Waals surface area contributed by atoms with E-state index in [9.17, 15) is 9.90 Å². The summed E-state index contributed by atoms with van der Waals surface area (Å²) in [5, 5.41) is 18.4. The molecule has 0 saturated heterocycles. The van der Waals surface area contributed by atoms with Crippen molar-refractivity contribution in [2.75, 3.05) is 0 Å². The number of hydrogen-bond donors (Lipinski definition) is 2. The zero-order valence-corrected chi connectivity index (χ0v) is 11.4. The zero-order chi connectivity index (χ0) is 13.8. The quantitative estimate of drug-likeness (QED) is 0.786. The number of aliphatic carboxylic acids is 1. The third-order valence-corrected chi connectivity index (χ3v) is 2.98. The molecule has 18 heavy (non-hydrogen) atoms. The number of aromatic hydroxyl groups is 1. The first kappa shape index (κ1) is 14.6. The first-order chi connectivity index (χ1) is 8.30. The molecule has 0 spiro atoms. The number of rotatable bonds is 5. The van der Waals surface area contributed by atoms with E-state index >= 15 is 0 Å². The van der Waals surface area contributed by atoms with E-state index in [1.54, 1.807) is 6.07 Å². The molecule has 1 aromatic carbocycles. The van der Waals surface area contributed by atoms with Gasteiger partial charge in [-0.25, -0.2) is 0 Å². The summed E-state index contributed by atoms with van der Waals surface area (Å²) >= 11 is 0. The van der Waals surface area contributed by atoms with Gasteiger partial charge in [0, 0.05) is 6.42 Å². The smallest absolute Gasteiger partial charge is 0.303 e. The van der Waals surface area contributed by atoms with Gasteiger partial charge in [-0.15, -0.1) is 0 Å². The summed E-state index contributed by atoms with van der Waals surface area (Å²) in [5.74, 6) is -0.409. The maximum Gasteiger partial charge on any atom is 0.303 e. The Hall–Kier alpha value is -1.51. The van der Waals surface area contributed by atoms with Crippen LogP contribution in [0.1, 0.15) is 51.2 Å². The van der Waals surface area contributed by atoms with Crippen molar-refractivity contribution in [3.05, 3.63) is 29.3 Å². The van der Waals surface area contributed by atoms with E-state index in [-0.39, 0.29) is 11.8 Å². The van der Waals surface area contributed by atoms with E-state index in [4.69, 9.17) is 5.11 Å². The van der Waals surface area contributed by atoms with E-state index in [0.29, 0.717) is 12.2 Å². The number of aryl methyl sites for hydroxylation is 1. The van der Waals surface area contributed by atoms with E-state index in [1.807, 2.05) is 12.1 Å². The molecule has 0 aliphatic rings. The van der Waals surface area contributed by atoms with Crippen molar-refractivity contribution in [2.45, 2.75) is 51.9 Å². The summed E-state index contributed by atoms with van der Waals surface area (Å²) in [4.78, 5) is 10.4. The van der Waals surface area contributed by atoms with Crippen LogP contribution in [0.15, 0.2) is 18.2 Å². The van der Waals surface area contributed by atoms with E-state index in [2.05, 4.69) is 20.8 Å². The highest BCUT2D eigenvalue weighted by atomic mass is 16.4. The molecular formula is C15H22O3. The fourth-order valence-electron chi connectivity index (χ4n) is 1.94. The highest BCUT2D eigenvalue weighted by Gasteiger charge is 2.18. The Bertz CT molecular complexity index is 416. The number of carboxylic acids is 1. The standard InChI is InChI=1S/C15H22O3/c1-15(2,3)12-10-11(8-9-13(12)16)6-4-5-7-14(17)18/h8-10,16H,4-7H2,1-3H3,(H,17,18). The van der Waals surface area contributed by atoms with Gasteiger partial charge in [0.25, 0.3) is 0 Å². The summed E-state index contributed by atoms with van der Waals surface area (Å²) in [7, 11) is 0. The molecule has 0 saturated carbocycles. The summed E-state index contributed by atoms with van der Waals surface area (Å²) in [6.07, 6.45) is 2.64. The third-order valence-electron chi connectivity index (χ3n) is 2.98. The van der Waals surface area contributed by atoms with Crippen molar-refractivity contribution in [2.24, 2.45) is 0 Å². The third kappa shape index (κ3) is 4.40. The Labute approximate surface area is 108 Å². The van der Waals surface area contributed by atoms with Crippen LogP contribution < -0.4 is 0 Å². The molecule has 1 rings (SSSR count). The van der Waals surface area contributed by atoms with Crippen LogP contribution in [0.5, 0.6) is 5.75 Å². The molecule has 0 atom stereocenters. The van der Waals surface area contributed by atoms with Gasteiger partial charge in [0.15, 0.2) is 0 Å². The van der Waals surface area contributed by atoms with Crippen molar-refractivity contribution in [1.29, 1.82) is 0 Å². The maximum atomic E-state index is 10.4. The van der Waals surface area contributed by atoms with Crippen LogP contribution in [0, 0.1) is 0 Å². The van der Waals surface area contributed by atoms with Crippen molar-refractivity contribution >= 4 is 5.97 Å². The van der Waals surface area contributed by atoms with Gasteiger partial charge in [-0.05, 0) is 41.9 Å². The molecule has 0 aliphatic carbocycles. The predicted octanol–water partition coefficient (Wildman–Crippen LogP) is 3.49. The Kier molecular flexibility index (Phi) is 4.76. The average Bonchev–Trinajstić information content (AvgIpc) is 2.24. The summed E-state index contributed by atoms with van der Waals surface area (Å²) in [6.45, 7) is 6.20. The second-order valence-corrected chi connectivity index (χ2v) is 5.70. The van der Waals surface area contributed by atoms with Crippen LogP contribution in [0.2, 0.25) is 0 Å².